The van der Waals surface area contributed by atoms with Gasteiger partial charge in [0.2, 0.25) is 6.10 Å². The summed E-state index contributed by atoms with van der Waals surface area (Å²) in [5, 5.41) is 2.91. The Bertz CT molecular complexity index is 936. The maximum absolute atomic E-state index is 13.1. The molecular weight excluding hydrogens is 399 g/mol. The van der Waals surface area contributed by atoms with Gasteiger partial charge in [-0.25, -0.2) is 4.39 Å². The number of amides is 2. The maximum Gasteiger partial charge on any atom is 0.310 e. The number of hydrogen-bond donors (Lipinski definition) is 1. The number of carbonyl (C=O) groups excluding carboxylic acids is 3. The molecule has 0 bridgehead atoms. The third kappa shape index (κ3) is 5.29. The molecule has 1 atom stereocenters. The number of nitrogens with one attached hydrogen (secondary N) is 1. The summed E-state index contributed by atoms with van der Waals surface area (Å²) in [5.74, 6) is -1.67. The van der Waals surface area contributed by atoms with Crippen molar-refractivity contribution in [1.29, 1.82) is 0 Å². The van der Waals surface area contributed by atoms with E-state index in [2.05, 4.69) is 5.32 Å². The number of piperidine rings is 1. The first kappa shape index (κ1) is 21.0. The Morgan fingerprint density at radius 1 is 0.935 bits per heavy atom. The number of carbonyl (C=O) groups is 3. The van der Waals surface area contributed by atoms with Crippen molar-refractivity contribution >= 4 is 17.8 Å². The van der Waals surface area contributed by atoms with Crippen molar-refractivity contribution in [2.75, 3.05) is 13.1 Å². The van der Waals surface area contributed by atoms with Gasteiger partial charge in [-0.3, -0.25) is 14.4 Å². The average Bonchev–Trinajstić information content (AvgIpc) is 3.62. The van der Waals surface area contributed by atoms with E-state index in [1.165, 1.54) is 24.3 Å². The van der Waals surface area contributed by atoms with Crippen LogP contribution in [0.1, 0.15) is 47.7 Å². The minimum Gasteiger partial charge on any atom is -0.447 e. The molecule has 2 fully saturated rings. The zero-order chi connectivity index (χ0) is 21.8. The molecule has 2 aromatic rings. The fraction of sp³-hybridized carbons (Fsp3) is 0.375. The lowest BCUT2D eigenvalue weighted by Gasteiger charge is -2.31. The van der Waals surface area contributed by atoms with Crippen LogP contribution >= 0.6 is 0 Å². The highest BCUT2D eigenvalue weighted by molar-refractivity contribution is 5.94. The first-order valence-electron chi connectivity index (χ1n) is 10.6. The largest absolute Gasteiger partial charge is 0.447 e. The van der Waals surface area contributed by atoms with E-state index in [-0.39, 0.29) is 23.8 Å². The Kier molecular flexibility index (Phi) is 6.30. The van der Waals surface area contributed by atoms with Crippen molar-refractivity contribution in [3.8, 4) is 0 Å². The molecular formula is C24H25FN2O4. The highest BCUT2D eigenvalue weighted by atomic mass is 19.1. The molecule has 1 aliphatic carbocycles. The second-order valence-corrected chi connectivity index (χ2v) is 8.08. The molecule has 7 heteroatoms. The average molecular weight is 424 g/mol. The Morgan fingerprint density at radius 2 is 1.58 bits per heavy atom. The number of nitrogens with zero attached hydrogens (tertiary/aromatic N) is 1. The SMILES string of the molecule is O=C(O[C@@H](C(=O)NC1CC1)c1ccccc1)C1CCN(C(=O)c2ccc(F)cc2)CC1. The van der Waals surface area contributed by atoms with E-state index in [0.717, 1.165) is 12.8 Å². The van der Waals surface area contributed by atoms with E-state index in [1.54, 1.807) is 29.2 Å². The van der Waals surface area contributed by atoms with Crippen LogP contribution in [0.15, 0.2) is 54.6 Å². The molecule has 1 N–H and O–H groups in total. The van der Waals surface area contributed by atoms with Gasteiger partial charge in [-0.15, -0.1) is 0 Å². The molecule has 0 spiro atoms. The van der Waals surface area contributed by atoms with E-state index in [0.29, 0.717) is 37.1 Å². The van der Waals surface area contributed by atoms with Crippen LogP contribution in [0.3, 0.4) is 0 Å². The third-order valence-electron chi connectivity index (χ3n) is 5.70. The van der Waals surface area contributed by atoms with Gasteiger partial charge in [0, 0.05) is 30.3 Å². The fourth-order valence-corrected chi connectivity index (χ4v) is 3.71. The quantitative estimate of drug-likeness (QED) is 0.723. The summed E-state index contributed by atoms with van der Waals surface area (Å²) in [6.07, 6.45) is 1.83. The summed E-state index contributed by atoms with van der Waals surface area (Å²) < 4.78 is 18.7. The van der Waals surface area contributed by atoms with Crippen LogP contribution in [0, 0.1) is 11.7 Å². The minimum absolute atomic E-state index is 0.165. The summed E-state index contributed by atoms with van der Waals surface area (Å²) in [6, 6.07) is 14.6. The van der Waals surface area contributed by atoms with E-state index >= 15 is 0 Å². The van der Waals surface area contributed by atoms with Gasteiger partial charge in [0.1, 0.15) is 5.82 Å². The highest BCUT2D eigenvalue weighted by Gasteiger charge is 2.34. The van der Waals surface area contributed by atoms with Crippen molar-refractivity contribution in [2.24, 2.45) is 5.92 Å². The molecule has 2 amide bonds. The molecule has 0 radical (unpaired) electrons. The molecule has 31 heavy (non-hydrogen) atoms. The predicted octanol–water partition coefficient (Wildman–Crippen LogP) is 3.24. The number of esters is 1. The Morgan fingerprint density at radius 3 is 2.19 bits per heavy atom. The van der Waals surface area contributed by atoms with Crippen LogP contribution in [-0.4, -0.2) is 41.8 Å². The van der Waals surface area contributed by atoms with Crippen LogP contribution < -0.4 is 5.32 Å². The lowest BCUT2D eigenvalue weighted by Crippen LogP contribution is -2.41. The van der Waals surface area contributed by atoms with E-state index in [4.69, 9.17) is 4.74 Å². The van der Waals surface area contributed by atoms with Gasteiger partial charge in [0.25, 0.3) is 11.8 Å². The summed E-state index contributed by atoms with van der Waals surface area (Å²) >= 11 is 0. The molecule has 2 aliphatic rings. The van der Waals surface area contributed by atoms with Crippen molar-refractivity contribution < 1.29 is 23.5 Å². The summed E-state index contributed by atoms with van der Waals surface area (Å²) in [7, 11) is 0. The molecule has 162 valence electrons. The topological polar surface area (TPSA) is 75.7 Å². The zero-order valence-electron chi connectivity index (χ0n) is 17.1. The third-order valence-corrected chi connectivity index (χ3v) is 5.70. The number of likely N-dealkylation sites (tertiary alicyclic amines) is 1. The van der Waals surface area contributed by atoms with Crippen molar-refractivity contribution in [3.05, 3.63) is 71.5 Å². The van der Waals surface area contributed by atoms with Gasteiger partial charge in [-0.1, -0.05) is 30.3 Å². The molecule has 2 aromatic carbocycles. The maximum atomic E-state index is 13.1. The predicted molar refractivity (Wildman–Crippen MR) is 111 cm³/mol. The van der Waals surface area contributed by atoms with Crippen LogP contribution in [0.5, 0.6) is 0 Å². The molecule has 4 rings (SSSR count). The number of hydrogen-bond acceptors (Lipinski definition) is 4. The van der Waals surface area contributed by atoms with Crippen LogP contribution in [0.4, 0.5) is 4.39 Å². The highest BCUT2D eigenvalue weighted by Crippen LogP contribution is 2.27. The monoisotopic (exact) mass is 424 g/mol. The summed E-state index contributed by atoms with van der Waals surface area (Å²) in [6.45, 7) is 0.806. The lowest BCUT2D eigenvalue weighted by molar-refractivity contribution is -0.161. The first-order valence-corrected chi connectivity index (χ1v) is 10.6. The number of ether oxygens (including phenoxy) is 1. The van der Waals surface area contributed by atoms with Crippen LogP contribution in [0.25, 0.3) is 0 Å². The van der Waals surface area contributed by atoms with E-state index in [9.17, 15) is 18.8 Å². The Balaban J connectivity index is 1.36. The van der Waals surface area contributed by atoms with Crippen molar-refractivity contribution in [1.82, 2.24) is 10.2 Å². The molecule has 6 nitrogen and oxygen atoms in total. The van der Waals surface area contributed by atoms with Gasteiger partial charge in [0.15, 0.2) is 0 Å². The van der Waals surface area contributed by atoms with E-state index in [1.807, 2.05) is 6.07 Å². The van der Waals surface area contributed by atoms with Gasteiger partial charge in [0.05, 0.1) is 5.92 Å². The van der Waals surface area contributed by atoms with Crippen molar-refractivity contribution in [2.45, 2.75) is 37.8 Å². The molecule has 0 aromatic heterocycles. The molecule has 1 saturated heterocycles. The van der Waals surface area contributed by atoms with Gasteiger partial charge < -0.3 is 15.0 Å². The first-order chi connectivity index (χ1) is 15.0. The molecule has 1 saturated carbocycles. The summed E-state index contributed by atoms with van der Waals surface area (Å²) in [4.78, 5) is 39.7. The molecule has 1 aliphatic heterocycles. The fourth-order valence-electron chi connectivity index (χ4n) is 3.71. The standard InChI is InChI=1S/C24H25FN2O4/c25-19-8-6-17(7-9-19)23(29)27-14-12-18(13-15-27)24(30)31-21(16-4-2-1-3-5-16)22(28)26-20-10-11-20/h1-9,18,20-21H,10-15H2,(H,26,28)/t21-/m1/s1. The Labute approximate surface area is 180 Å². The van der Waals surface area contributed by atoms with Gasteiger partial charge in [-0.05, 0) is 49.9 Å². The molecule has 0 unspecified atom stereocenters. The van der Waals surface area contributed by atoms with Gasteiger partial charge in [-0.2, -0.15) is 0 Å². The van der Waals surface area contributed by atoms with Crippen LogP contribution in [0.2, 0.25) is 0 Å². The van der Waals surface area contributed by atoms with E-state index < -0.39 is 17.9 Å². The second-order valence-electron chi connectivity index (χ2n) is 8.08. The summed E-state index contributed by atoms with van der Waals surface area (Å²) in [5.41, 5.74) is 1.06. The Hall–Kier alpha value is -3.22. The van der Waals surface area contributed by atoms with Gasteiger partial charge >= 0.3 is 5.97 Å². The second kappa shape index (κ2) is 9.29. The number of rotatable bonds is 6. The number of benzene rings is 2. The van der Waals surface area contributed by atoms with Crippen LogP contribution in [-0.2, 0) is 14.3 Å². The molecule has 1 heterocycles. The zero-order valence-corrected chi connectivity index (χ0v) is 17.1. The minimum atomic E-state index is -0.979. The normalized spacial score (nSPS) is 17.6. The smallest absolute Gasteiger partial charge is 0.310 e. The van der Waals surface area contributed by atoms with Crippen molar-refractivity contribution in [3.63, 3.8) is 0 Å². The lowest BCUT2D eigenvalue weighted by atomic mass is 9.96. The number of halogens is 1.